The van der Waals surface area contributed by atoms with Gasteiger partial charge < -0.3 is 20.1 Å². The van der Waals surface area contributed by atoms with Gasteiger partial charge in [0.25, 0.3) is 5.91 Å². The molecule has 3 rings (SSSR count). The standard InChI is InChI=1S/C20H18ClN3O3/c1-26-16-6-7-19(27-2)17(12-16)24-20(25)18-11-15(8-9-22-18)23-14-5-3-4-13(21)10-14/h3-12H,1-2H3,(H,22,23)(H,24,25). The topological polar surface area (TPSA) is 72.5 Å². The fraction of sp³-hybridized carbons (Fsp3) is 0.100. The number of hydrogen-bond acceptors (Lipinski definition) is 5. The lowest BCUT2D eigenvalue weighted by atomic mass is 10.2. The van der Waals surface area contributed by atoms with Crippen molar-refractivity contribution in [1.29, 1.82) is 0 Å². The maximum Gasteiger partial charge on any atom is 0.274 e. The molecule has 0 aliphatic rings. The molecule has 1 heterocycles. The first-order chi connectivity index (χ1) is 13.1. The predicted octanol–water partition coefficient (Wildman–Crippen LogP) is 4.75. The van der Waals surface area contributed by atoms with E-state index in [0.29, 0.717) is 22.2 Å². The van der Waals surface area contributed by atoms with Gasteiger partial charge in [0.1, 0.15) is 17.2 Å². The van der Waals surface area contributed by atoms with Crippen molar-refractivity contribution in [2.75, 3.05) is 24.9 Å². The zero-order valence-corrected chi connectivity index (χ0v) is 15.6. The van der Waals surface area contributed by atoms with Gasteiger partial charge in [-0.3, -0.25) is 9.78 Å². The van der Waals surface area contributed by atoms with Gasteiger partial charge in [0.05, 0.1) is 19.9 Å². The molecule has 27 heavy (non-hydrogen) atoms. The van der Waals surface area contributed by atoms with Crippen molar-refractivity contribution in [3.63, 3.8) is 0 Å². The smallest absolute Gasteiger partial charge is 0.274 e. The van der Waals surface area contributed by atoms with Crippen LogP contribution >= 0.6 is 11.6 Å². The summed E-state index contributed by atoms with van der Waals surface area (Å²) in [5, 5.41) is 6.62. The molecule has 0 saturated heterocycles. The number of ether oxygens (including phenoxy) is 2. The lowest BCUT2D eigenvalue weighted by Gasteiger charge is -2.12. The van der Waals surface area contributed by atoms with Gasteiger partial charge in [0.15, 0.2) is 0 Å². The van der Waals surface area contributed by atoms with E-state index >= 15 is 0 Å². The molecule has 0 fully saturated rings. The van der Waals surface area contributed by atoms with Crippen molar-refractivity contribution < 1.29 is 14.3 Å². The molecule has 0 radical (unpaired) electrons. The highest BCUT2D eigenvalue weighted by Gasteiger charge is 2.13. The second-order valence-corrected chi connectivity index (χ2v) is 6.02. The Morgan fingerprint density at radius 1 is 1.00 bits per heavy atom. The van der Waals surface area contributed by atoms with E-state index in [4.69, 9.17) is 21.1 Å². The van der Waals surface area contributed by atoms with Crippen molar-refractivity contribution in [3.8, 4) is 11.5 Å². The summed E-state index contributed by atoms with van der Waals surface area (Å²) in [7, 11) is 3.09. The Bertz CT molecular complexity index is 963. The monoisotopic (exact) mass is 383 g/mol. The van der Waals surface area contributed by atoms with Crippen molar-refractivity contribution in [3.05, 3.63) is 71.5 Å². The molecule has 0 bridgehead atoms. The molecule has 0 saturated carbocycles. The molecular weight excluding hydrogens is 366 g/mol. The fourth-order valence-corrected chi connectivity index (χ4v) is 2.65. The van der Waals surface area contributed by atoms with Gasteiger partial charge in [0, 0.05) is 28.7 Å². The van der Waals surface area contributed by atoms with Crippen LogP contribution in [0.1, 0.15) is 10.5 Å². The third kappa shape index (κ3) is 4.68. The first kappa shape index (κ1) is 18.5. The third-order valence-corrected chi connectivity index (χ3v) is 4.00. The summed E-state index contributed by atoms with van der Waals surface area (Å²) in [6.07, 6.45) is 1.56. The summed E-state index contributed by atoms with van der Waals surface area (Å²) in [6.45, 7) is 0. The Morgan fingerprint density at radius 2 is 1.81 bits per heavy atom. The summed E-state index contributed by atoms with van der Waals surface area (Å²) in [4.78, 5) is 16.8. The molecule has 6 nitrogen and oxygen atoms in total. The van der Waals surface area contributed by atoms with Gasteiger partial charge in [-0.1, -0.05) is 17.7 Å². The average Bonchev–Trinajstić information content (AvgIpc) is 2.68. The maximum absolute atomic E-state index is 12.6. The van der Waals surface area contributed by atoms with Crippen LogP contribution in [0.25, 0.3) is 0 Å². The Labute approximate surface area is 162 Å². The number of nitrogens with one attached hydrogen (secondary N) is 2. The van der Waals surface area contributed by atoms with E-state index in [0.717, 1.165) is 11.4 Å². The van der Waals surface area contributed by atoms with Crippen molar-refractivity contribution in [1.82, 2.24) is 4.98 Å². The largest absolute Gasteiger partial charge is 0.497 e. The summed E-state index contributed by atoms with van der Waals surface area (Å²) >= 11 is 6.00. The fourth-order valence-electron chi connectivity index (χ4n) is 2.46. The van der Waals surface area contributed by atoms with Crippen molar-refractivity contribution in [2.45, 2.75) is 0 Å². The first-order valence-corrected chi connectivity index (χ1v) is 8.49. The third-order valence-electron chi connectivity index (χ3n) is 3.76. The van der Waals surface area contributed by atoms with Crippen LogP contribution in [-0.2, 0) is 0 Å². The van der Waals surface area contributed by atoms with Crippen molar-refractivity contribution in [2.24, 2.45) is 0 Å². The molecular formula is C20H18ClN3O3. The number of benzene rings is 2. The van der Waals surface area contributed by atoms with Crippen LogP contribution in [0.2, 0.25) is 5.02 Å². The van der Waals surface area contributed by atoms with Gasteiger partial charge in [-0.25, -0.2) is 0 Å². The van der Waals surface area contributed by atoms with Crippen LogP contribution in [0, 0.1) is 0 Å². The molecule has 0 unspecified atom stereocenters. The van der Waals surface area contributed by atoms with E-state index in [1.54, 1.807) is 55.8 Å². The molecule has 0 aliphatic heterocycles. The number of halogens is 1. The highest BCUT2D eigenvalue weighted by atomic mass is 35.5. The number of carbonyl (C=O) groups is 1. The van der Waals surface area contributed by atoms with Crippen LogP contribution in [0.15, 0.2) is 60.8 Å². The Kier molecular flexibility index (Phi) is 5.78. The lowest BCUT2D eigenvalue weighted by molar-refractivity contribution is 0.102. The minimum atomic E-state index is -0.365. The Morgan fingerprint density at radius 3 is 2.56 bits per heavy atom. The molecule has 0 spiro atoms. The summed E-state index contributed by atoms with van der Waals surface area (Å²) in [5.74, 6) is 0.768. The molecule has 1 aromatic heterocycles. The minimum absolute atomic E-state index is 0.256. The van der Waals surface area contributed by atoms with E-state index in [1.165, 1.54) is 7.11 Å². The minimum Gasteiger partial charge on any atom is -0.497 e. The number of pyridine rings is 1. The summed E-state index contributed by atoms with van der Waals surface area (Å²) in [6, 6.07) is 15.9. The highest BCUT2D eigenvalue weighted by molar-refractivity contribution is 6.30. The van der Waals surface area contributed by atoms with Crippen LogP contribution in [-0.4, -0.2) is 25.1 Å². The number of amides is 1. The SMILES string of the molecule is COc1ccc(OC)c(NC(=O)c2cc(Nc3cccc(Cl)c3)ccn2)c1. The molecule has 7 heteroatoms. The normalized spacial score (nSPS) is 10.2. The maximum atomic E-state index is 12.6. The number of methoxy groups -OCH3 is 2. The predicted molar refractivity (Wildman–Crippen MR) is 106 cm³/mol. The van der Waals surface area contributed by atoms with E-state index < -0.39 is 0 Å². The first-order valence-electron chi connectivity index (χ1n) is 8.11. The summed E-state index contributed by atoms with van der Waals surface area (Å²) < 4.78 is 10.5. The quantitative estimate of drug-likeness (QED) is 0.642. The number of hydrogen-bond donors (Lipinski definition) is 2. The van der Waals surface area contributed by atoms with Gasteiger partial charge in [-0.05, 0) is 42.5 Å². The Hall–Kier alpha value is -3.25. The van der Waals surface area contributed by atoms with Crippen LogP contribution < -0.4 is 20.1 Å². The molecule has 0 atom stereocenters. The van der Waals surface area contributed by atoms with E-state index in [2.05, 4.69) is 15.6 Å². The van der Waals surface area contributed by atoms with Crippen LogP contribution in [0.5, 0.6) is 11.5 Å². The Balaban J connectivity index is 1.80. The molecule has 3 aromatic rings. The van der Waals surface area contributed by atoms with Gasteiger partial charge in [-0.15, -0.1) is 0 Å². The molecule has 138 valence electrons. The van der Waals surface area contributed by atoms with Gasteiger partial charge in [0.2, 0.25) is 0 Å². The number of rotatable bonds is 6. The lowest BCUT2D eigenvalue weighted by Crippen LogP contribution is -2.14. The number of carbonyl (C=O) groups excluding carboxylic acids is 1. The number of anilines is 3. The van der Waals surface area contributed by atoms with Crippen molar-refractivity contribution >= 4 is 34.6 Å². The highest BCUT2D eigenvalue weighted by Crippen LogP contribution is 2.29. The second-order valence-electron chi connectivity index (χ2n) is 5.59. The van der Waals surface area contributed by atoms with E-state index in [-0.39, 0.29) is 11.6 Å². The van der Waals surface area contributed by atoms with E-state index in [9.17, 15) is 4.79 Å². The summed E-state index contributed by atoms with van der Waals surface area (Å²) in [5.41, 5.74) is 2.29. The van der Waals surface area contributed by atoms with E-state index in [1.807, 2.05) is 12.1 Å². The molecule has 0 aliphatic carbocycles. The number of aromatic nitrogens is 1. The zero-order chi connectivity index (χ0) is 19.2. The molecule has 1 amide bonds. The van der Waals surface area contributed by atoms with Gasteiger partial charge in [-0.2, -0.15) is 0 Å². The zero-order valence-electron chi connectivity index (χ0n) is 14.8. The van der Waals surface area contributed by atoms with Gasteiger partial charge >= 0.3 is 0 Å². The molecule has 2 N–H and O–H groups in total. The second kappa shape index (κ2) is 8.42. The van der Waals surface area contributed by atoms with Crippen LogP contribution in [0.3, 0.4) is 0 Å². The average molecular weight is 384 g/mol. The number of nitrogens with zero attached hydrogens (tertiary/aromatic N) is 1. The van der Waals surface area contributed by atoms with Crippen LogP contribution in [0.4, 0.5) is 17.1 Å². The molecule has 2 aromatic carbocycles.